The minimum atomic E-state index is -0.387. The molecule has 0 saturated carbocycles. The Bertz CT molecular complexity index is 597. The van der Waals surface area contributed by atoms with Gasteiger partial charge in [-0.2, -0.15) is 0 Å². The van der Waals surface area contributed by atoms with Gasteiger partial charge in [-0.05, 0) is 23.8 Å². The van der Waals surface area contributed by atoms with Gasteiger partial charge in [0.1, 0.15) is 5.82 Å². The smallest absolute Gasteiger partial charge is 0.260 e. The number of aromatic nitrogens is 1. The summed E-state index contributed by atoms with van der Waals surface area (Å²) in [5.74, 6) is -0.584. The van der Waals surface area contributed by atoms with Gasteiger partial charge in [0.15, 0.2) is 0 Å². The SMILES string of the molecule is O=C1c2cnccc2CN1c1ccccc1F. The van der Waals surface area contributed by atoms with Crippen LogP contribution in [0.1, 0.15) is 15.9 Å². The van der Waals surface area contributed by atoms with Crippen molar-refractivity contribution >= 4 is 11.6 Å². The number of amides is 1. The van der Waals surface area contributed by atoms with Crippen molar-refractivity contribution in [2.75, 3.05) is 4.90 Å². The van der Waals surface area contributed by atoms with E-state index in [0.29, 0.717) is 17.8 Å². The fourth-order valence-electron chi connectivity index (χ4n) is 2.01. The maximum absolute atomic E-state index is 13.6. The van der Waals surface area contributed by atoms with Crippen molar-refractivity contribution in [3.63, 3.8) is 0 Å². The molecular formula is C13H9FN2O. The highest BCUT2D eigenvalue weighted by Gasteiger charge is 2.29. The Morgan fingerprint density at radius 2 is 2.06 bits per heavy atom. The van der Waals surface area contributed by atoms with Gasteiger partial charge in [0, 0.05) is 12.4 Å². The van der Waals surface area contributed by atoms with Crippen LogP contribution in [0.3, 0.4) is 0 Å². The molecule has 1 aromatic carbocycles. The first-order valence-corrected chi connectivity index (χ1v) is 5.26. The zero-order chi connectivity index (χ0) is 11.8. The Balaban J connectivity index is 2.05. The number of anilines is 1. The Kier molecular flexibility index (Phi) is 2.14. The average Bonchev–Trinajstić information content (AvgIpc) is 2.68. The van der Waals surface area contributed by atoms with Crippen LogP contribution in [-0.4, -0.2) is 10.9 Å². The van der Waals surface area contributed by atoms with Gasteiger partial charge in [0.05, 0.1) is 17.8 Å². The number of rotatable bonds is 1. The van der Waals surface area contributed by atoms with Gasteiger partial charge in [-0.25, -0.2) is 4.39 Å². The molecule has 0 aliphatic carbocycles. The Morgan fingerprint density at radius 3 is 2.82 bits per heavy atom. The molecule has 2 heterocycles. The molecule has 0 bridgehead atoms. The van der Waals surface area contributed by atoms with E-state index in [1.165, 1.54) is 17.2 Å². The number of nitrogens with zero attached hydrogens (tertiary/aromatic N) is 2. The van der Waals surface area contributed by atoms with E-state index in [-0.39, 0.29) is 11.7 Å². The standard InChI is InChI=1S/C13H9FN2O/c14-11-3-1-2-4-12(11)16-8-9-5-6-15-7-10(9)13(16)17/h1-7H,8H2. The summed E-state index contributed by atoms with van der Waals surface area (Å²) in [6.07, 6.45) is 3.16. The summed E-state index contributed by atoms with van der Waals surface area (Å²) in [5.41, 5.74) is 1.75. The minimum absolute atomic E-state index is 0.196. The van der Waals surface area contributed by atoms with Crippen LogP contribution in [0.5, 0.6) is 0 Å². The molecule has 0 spiro atoms. The maximum atomic E-state index is 13.6. The molecular weight excluding hydrogens is 219 g/mol. The zero-order valence-electron chi connectivity index (χ0n) is 8.93. The van der Waals surface area contributed by atoms with Crippen LogP contribution in [0.25, 0.3) is 0 Å². The van der Waals surface area contributed by atoms with E-state index >= 15 is 0 Å². The van der Waals surface area contributed by atoms with E-state index in [1.54, 1.807) is 30.5 Å². The van der Waals surface area contributed by atoms with Crippen LogP contribution >= 0.6 is 0 Å². The van der Waals surface area contributed by atoms with E-state index in [4.69, 9.17) is 0 Å². The summed E-state index contributed by atoms with van der Waals surface area (Å²) in [4.78, 5) is 17.4. The minimum Gasteiger partial charge on any atom is -0.301 e. The number of pyridine rings is 1. The summed E-state index contributed by atoms with van der Waals surface area (Å²) in [6.45, 7) is 0.400. The molecule has 0 saturated heterocycles. The molecule has 3 nitrogen and oxygen atoms in total. The number of fused-ring (bicyclic) bond motifs is 1. The predicted octanol–water partition coefficient (Wildman–Crippen LogP) is 2.38. The molecule has 17 heavy (non-hydrogen) atoms. The van der Waals surface area contributed by atoms with Crippen molar-refractivity contribution in [1.29, 1.82) is 0 Å². The largest absolute Gasteiger partial charge is 0.301 e. The maximum Gasteiger partial charge on any atom is 0.260 e. The van der Waals surface area contributed by atoms with E-state index < -0.39 is 0 Å². The monoisotopic (exact) mass is 228 g/mol. The van der Waals surface area contributed by atoms with E-state index in [0.717, 1.165) is 5.56 Å². The third-order valence-electron chi connectivity index (χ3n) is 2.86. The highest BCUT2D eigenvalue weighted by molar-refractivity contribution is 6.09. The first-order chi connectivity index (χ1) is 8.27. The number of hydrogen-bond donors (Lipinski definition) is 0. The van der Waals surface area contributed by atoms with Crippen LogP contribution in [-0.2, 0) is 6.54 Å². The highest BCUT2D eigenvalue weighted by Crippen LogP contribution is 2.29. The first-order valence-electron chi connectivity index (χ1n) is 5.26. The zero-order valence-corrected chi connectivity index (χ0v) is 8.93. The average molecular weight is 228 g/mol. The van der Waals surface area contributed by atoms with E-state index in [1.807, 2.05) is 0 Å². The summed E-state index contributed by atoms with van der Waals surface area (Å²) < 4.78 is 13.6. The van der Waals surface area contributed by atoms with Gasteiger partial charge in [-0.1, -0.05) is 12.1 Å². The van der Waals surface area contributed by atoms with Crippen molar-refractivity contribution in [2.24, 2.45) is 0 Å². The van der Waals surface area contributed by atoms with Gasteiger partial charge in [-0.15, -0.1) is 0 Å². The van der Waals surface area contributed by atoms with Crippen LogP contribution in [0.2, 0.25) is 0 Å². The van der Waals surface area contributed by atoms with Crippen molar-refractivity contribution in [2.45, 2.75) is 6.54 Å². The van der Waals surface area contributed by atoms with Crippen molar-refractivity contribution in [1.82, 2.24) is 4.98 Å². The lowest BCUT2D eigenvalue weighted by Gasteiger charge is -2.16. The molecule has 0 N–H and O–H groups in total. The Labute approximate surface area is 97.5 Å². The first kappa shape index (κ1) is 9.96. The molecule has 0 atom stereocenters. The molecule has 0 radical (unpaired) electrons. The number of para-hydroxylation sites is 1. The highest BCUT2D eigenvalue weighted by atomic mass is 19.1. The van der Waals surface area contributed by atoms with Crippen LogP contribution in [0.4, 0.5) is 10.1 Å². The normalized spacial score (nSPS) is 13.9. The second-order valence-corrected chi connectivity index (χ2v) is 3.88. The van der Waals surface area contributed by atoms with Gasteiger partial charge in [0.2, 0.25) is 0 Å². The lowest BCUT2D eigenvalue weighted by molar-refractivity contribution is 0.0995. The lowest BCUT2D eigenvalue weighted by Crippen LogP contribution is -2.23. The molecule has 1 aliphatic rings. The number of halogens is 1. The summed E-state index contributed by atoms with van der Waals surface area (Å²) in [5, 5.41) is 0. The van der Waals surface area contributed by atoms with Crippen molar-refractivity contribution in [3.05, 3.63) is 59.7 Å². The second kappa shape index (κ2) is 3.66. The molecule has 4 heteroatoms. The van der Waals surface area contributed by atoms with Crippen molar-refractivity contribution in [3.8, 4) is 0 Å². The van der Waals surface area contributed by atoms with Crippen LogP contribution in [0.15, 0.2) is 42.7 Å². The van der Waals surface area contributed by atoms with Gasteiger partial charge in [-0.3, -0.25) is 9.78 Å². The summed E-state index contributed by atoms with van der Waals surface area (Å²) in [7, 11) is 0. The molecule has 0 unspecified atom stereocenters. The van der Waals surface area contributed by atoms with E-state index in [2.05, 4.69) is 4.98 Å². The summed E-state index contributed by atoms with van der Waals surface area (Å²) in [6, 6.07) is 8.06. The molecule has 1 aromatic heterocycles. The second-order valence-electron chi connectivity index (χ2n) is 3.88. The van der Waals surface area contributed by atoms with E-state index in [9.17, 15) is 9.18 Å². The number of benzene rings is 1. The Morgan fingerprint density at radius 1 is 1.24 bits per heavy atom. The van der Waals surface area contributed by atoms with Crippen LogP contribution in [0, 0.1) is 5.82 Å². The Hall–Kier alpha value is -2.23. The molecule has 84 valence electrons. The molecule has 1 aliphatic heterocycles. The number of carbonyl (C=O) groups excluding carboxylic acids is 1. The van der Waals surface area contributed by atoms with Crippen molar-refractivity contribution < 1.29 is 9.18 Å². The molecule has 1 amide bonds. The number of hydrogen-bond acceptors (Lipinski definition) is 2. The quantitative estimate of drug-likeness (QED) is 0.750. The summed E-state index contributed by atoms with van der Waals surface area (Å²) >= 11 is 0. The molecule has 0 fully saturated rings. The van der Waals surface area contributed by atoms with Crippen LogP contribution < -0.4 is 4.90 Å². The fraction of sp³-hybridized carbons (Fsp3) is 0.0769. The third-order valence-corrected chi connectivity index (χ3v) is 2.86. The van der Waals surface area contributed by atoms with Gasteiger partial charge >= 0.3 is 0 Å². The molecule has 2 aromatic rings. The lowest BCUT2D eigenvalue weighted by atomic mass is 10.2. The fourth-order valence-corrected chi connectivity index (χ4v) is 2.01. The van der Waals surface area contributed by atoms with Gasteiger partial charge < -0.3 is 4.90 Å². The third kappa shape index (κ3) is 1.49. The predicted molar refractivity (Wildman–Crippen MR) is 61.2 cm³/mol. The van der Waals surface area contributed by atoms with Gasteiger partial charge in [0.25, 0.3) is 5.91 Å². The number of carbonyl (C=O) groups is 1. The molecule has 3 rings (SSSR count). The topological polar surface area (TPSA) is 33.2 Å².